The third kappa shape index (κ3) is 7.89. The minimum atomic E-state index is -1.72. The number of carbonyl (C=O) groups is 1. The van der Waals surface area contributed by atoms with Crippen LogP contribution in [0.1, 0.15) is 61.3 Å². The predicted octanol–water partition coefficient (Wildman–Crippen LogP) is 6.32. The monoisotopic (exact) mass is 386 g/mol. The van der Waals surface area contributed by atoms with Crippen molar-refractivity contribution in [3.63, 3.8) is 0 Å². The second-order valence-electron chi connectivity index (χ2n) is 7.05. The van der Waals surface area contributed by atoms with Gasteiger partial charge in [0.2, 0.25) is 0 Å². The maximum atomic E-state index is 11.2. The van der Waals surface area contributed by atoms with Crippen molar-refractivity contribution in [2.24, 2.45) is 0 Å². The van der Waals surface area contributed by atoms with Gasteiger partial charge in [0.1, 0.15) is 6.29 Å². The molecule has 0 aliphatic carbocycles. The average Bonchev–Trinajstić information content (AvgIpc) is 2.64. The lowest BCUT2D eigenvalue weighted by Crippen LogP contribution is -2.43. The molecule has 0 aliphatic rings. The molecule has 0 N–H and O–H groups in total. The Balaban J connectivity index is 5.28. The summed E-state index contributed by atoms with van der Waals surface area (Å²) < 4.78 is 13.3. The van der Waals surface area contributed by atoms with Crippen LogP contribution in [0.5, 0.6) is 0 Å². The number of allylic oxidation sites excluding steroid dienone is 1. The first kappa shape index (κ1) is 24.8. The van der Waals surface area contributed by atoms with Crippen LogP contribution in [0.25, 0.3) is 0 Å². The smallest absolute Gasteiger partial charge is 0.192 e. The van der Waals surface area contributed by atoms with E-state index < -0.39 is 16.6 Å². The highest BCUT2D eigenvalue weighted by Crippen LogP contribution is 2.29. The molecule has 0 unspecified atom stereocenters. The normalized spacial score (nSPS) is 15.5. The maximum Gasteiger partial charge on any atom is 0.192 e. The standard InChI is InChI=1S/C20H42O3Si2/c1-8-15-19(22-24(9-2,10-3)11-4)18-20(16-17-21)23-25(12-5,13-6)14-7/h8,15,17,19-20H,9-14,16,18H2,1-7H3/b15-8+/t19-,20+/m1/s1. The minimum Gasteiger partial charge on any atom is -0.413 e. The molecule has 0 rings (SSSR count). The first-order valence-electron chi connectivity index (χ1n) is 10.4. The zero-order valence-electron chi connectivity index (χ0n) is 17.8. The van der Waals surface area contributed by atoms with Crippen LogP contribution in [0.4, 0.5) is 0 Å². The third-order valence-electron chi connectivity index (χ3n) is 5.95. The van der Waals surface area contributed by atoms with Crippen molar-refractivity contribution in [1.82, 2.24) is 0 Å². The van der Waals surface area contributed by atoms with Gasteiger partial charge >= 0.3 is 0 Å². The Morgan fingerprint density at radius 2 is 1.24 bits per heavy atom. The van der Waals surface area contributed by atoms with Gasteiger partial charge in [0.05, 0.1) is 12.2 Å². The molecule has 0 saturated carbocycles. The average molecular weight is 387 g/mol. The summed E-state index contributed by atoms with van der Waals surface area (Å²) in [5.74, 6) is 0. The van der Waals surface area contributed by atoms with Gasteiger partial charge in [0, 0.05) is 12.8 Å². The Labute approximate surface area is 158 Å². The number of hydrogen-bond acceptors (Lipinski definition) is 3. The molecule has 25 heavy (non-hydrogen) atoms. The quantitative estimate of drug-likeness (QED) is 0.187. The predicted molar refractivity (Wildman–Crippen MR) is 114 cm³/mol. The number of hydrogen-bond donors (Lipinski definition) is 0. The van der Waals surface area contributed by atoms with E-state index in [0.29, 0.717) is 6.42 Å². The zero-order valence-corrected chi connectivity index (χ0v) is 19.8. The lowest BCUT2D eigenvalue weighted by atomic mass is 10.1. The van der Waals surface area contributed by atoms with E-state index >= 15 is 0 Å². The fourth-order valence-electron chi connectivity index (χ4n) is 3.61. The van der Waals surface area contributed by atoms with Gasteiger partial charge in [0.15, 0.2) is 16.6 Å². The first-order valence-corrected chi connectivity index (χ1v) is 15.4. The Hall–Kier alpha value is -0.236. The highest BCUT2D eigenvalue weighted by molar-refractivity contribution is 6.74. The van der Waals surface area contributed by atoms with Gasteiger partial charge < -0.3 is 13.6 Å². The van der Waals surface area contributed by atoms with E-state index in [-0.39, 0.29) is 12.2 Å². The molecule has 0 aromatic carbocycles. The van der Waals surface area contributed by atoms with Crippen molar-refractivity contribution in [1.29, 1.82) is 0 Å². The summed E-state index contributed by atoms with van der Waals surface area (Å²) >= 11 is 0. The lowest BCUT2D eigenvalue weighted by Gasteiger charge is -2.36. The fraction of sp³-hybridized carbons (Fsp3) is 0.850. The van der Waals surface area contributed by atoms with Crippen LogP contribution >= 0.6 is 0 Å². The van der Waals surface area contributed by atoms with Crippen LogP contribution in [0.2, 0.25) is 36.3 Å². The highest BCUT2D eigenvalue weighted by Gasteiger charge is 2.35. The SMILES string of the molecule is C/C=C/[C@H](C[C@H](CC=O)O[Si](CC)(CC)CC)O[Si](CC)(CC)CC. The number of rotatable bonds is 15. The van der Waals surface area contributed by atoms with Crippen molar-refractivity contribution in [2.75, 3.05) is 0 Å². The summed E-state index contributed by atoms with van der Waals surface area (Å²) in [5, 5.41) is 0. The third-order valence-corrected chi connectivity index (χ3v) is 15.3. The Kier molecular flexibility index (Phi) is 12.9. The van der Waals surface area contributed by atoms with Crippen LogP contribution in [-0.4, -0.2) is 35.1 Å². The molecule has 0 bridgehead atoms. The molecule has 0 saturated heterocycles. The van der Waals surface area contributed by atoms with Crippen molar-refractivity contribution in [2.45, 2.75) is 110 Å². The molecule has 5 heteroatoms. The van der Waals surface area contributed by atoms with E-state index in [9.17, 15) is 4.79 Å². The molecule has 0 heterocycles. The molecule has 0 spiro atoms. The molecule has 0 radical (unpaired) electrons. The van der Waals surface area contributed by atoms with E-state index in [0.717, 1.165) is 49.0 Å². The van der Waals surface area contributed by atoms with Crippen molar-refractivity contribution < 1.29 is 13.6 Å². The summed E-state index contributed by atoms with van der Waals surface area (Å²) in [5.41, 5.74) is 0. The zero-order chi connectivity index (χ0) is 19.3. The van der Waals surface area contributed by atoms with Gasteiger partial charge in [-0.05, 0) is 43.2 Å². The summed E-state index contributed by atoms with van der Waals surface area (Å²) in [7, 11) is -3.39. The van der Waals surface area contributed by atoms with E-state index in [2.05, 4.69) is 53.7 Å². The number of carbonyl (C=O) groups excluding carboxylic acids is 1. The lowest BCUT2D eigenvalue weighted by molar-refractivity contribution is -0.109. The van der Waals surface area contributed by atoms with E-state index in [1.54, 1.807) is 0 Å². The van der Waals surface area contributed by atoms with E-state index in [1.165, 1.54) is 0 Å². The van der Waals surface area contributed by atoms with Crippen LogP contribution < -0.4 is 0 Å². The molecule has 0 aromatic heterocycles. The van der Waals surface area contributed by atoms with Crippen LogP contribution in [0, 0.1) is 0 Å². The summed E-state index contributed by atoms with van der Waals surface area (Å²) in [6, 6.07) is 6.77. The van der Waals surface area contributed by atoms with Crippen molar-refractivity contribution >= 4 is 22.9 Å². The second-order valence-corrected chi connectivity index (χ2v) is 16.5. The minimum absolute atomic E-state index is 0.0116. The first-order chi connectivity index (χ1) is 11.9. The molecule has 0 fully saturated rings. The van der Waals surface area contributed by atoms with Gasteiger partial charge in [-0.25, -0.2) is 0 Å². The fourth-order valence-corrected chi connectivity index (χ4v) is 9.33. The molecule has 2 atom stereocenters. The van der Waals surface area contributed by atoms with Gasteiger partial charge in [0.25, 0.3) is 0 Å². The molecular formula is C20H42O3Si2. The van der Waals surface area contributed by atoms with Gasteiger partial charge in [-0.3, -0.25) is 0 Å². The maximum absolute atomic E-state index is 11.2. The Morgan fingerprint density at radius 3 is 1.60 bits per heavy atom. The Morgan fingerprint density at radius 1 is 0.800 bits per heavy atom. The topological polar surface area (TPSA) is 35.5 Å². The van der Waals surface area contributed by atoms with Gasteiger partial charge in [-0.2, -0.15) is 0 Å². The van der Waals surface area contributed by atoms with Gasteiger partial charge in [-0.1, -0.05) is 53.7 Å². The van der Waals surface area contributed by atoms with E-state index in [1.807, 2.05) is 6.92 Å². The summed E-state index contributed by atoms with van der Waals surface area (Å²) in [4.78, 5) is 11.2. The second kappa shape index (κ2) is 13.0. The summed E-state index contributed by atoms with van der Waals surface area (Å²) in [6.07, 6.45) is 6.59. The van der Waals surface area contributed by atoms with E-state index in [4.69, 9.17) is 8.85 Å². The van der Waals surface area contributed by atoms with Crippen molar-refractivity contribution in [3.05, 3.63) is 12.2 Å². The van der Waals surface area contributed by atoms with Crippen LogP contribution in [0.15, 0.2) is 12.2 Å². The van der Waals surface area contributed by atoms with Gasteiger partial charge in [-0.15, -0.1) is 0 Å². The highest BCUT2D eigenvalue weighted by atomic mass is 28.4. The number of aldehydes is 1. The van der Waals surface area contributed by atoms with Crippen LogP contribution in [0.3, 0.4) is 0 Å². The molecule has 148 valence electrons. The molecule has 0 amide bonds. The van der Waals surface area contributed by atoms with Crippen molar-refractivity contribution in [3.8, 4) is 0 Å². The molecule has 0 aliphatic heterocycles. The Bertz CT molecular complexity index is 361. The van der Waals surface area contributed by atoms with Crippen LogP contribution in [-0.2, 0) is 13.6 Å². The largest absolute Gasteiger partial charge is 0.413 e. The molecular weight excluding hydrogens is 344 g/mol. The molecule has 0 aromatic rings. The summed E-state index contributed by atoms with van der Waals surface area (Å²) in [6.45, 7) is 15.5. The molecule has 3 nitrogen and oxygen atoms in total.